The standard InChI is InChI=1S/C19H25N3O3/c1-3-5-12-22(13-6-4-2)16-15(19(20)24)21-25-18(16)17(23)14-10-8-7-9-11-14/h7-11H,3-6,12-13H2,1-2H3,(H2,20,24). The number of benzene rings is 1. The summed E-state index contributed by atoms with van der Waals surface area (Å²) >= 11 is 0. The third-order valence-electron chi connectivity index (χ3n) is 4.02. The molecule has 134 valence electrons. The van der Waals surface area contributed by atoms with Crippen molar-refractivity contribution in [3.8, 4) is 0 Å². The van der Waals surface area contributed by atoms with Gasteiger partial charge in [0, 0.05) is 18.7 Å². The number of hydrogen-bond donors (Lipinski definition) is 1. The lowest BCUT2D eigenvalue weighted by atomic mass is 10.1. The minimum absolute atomic E-state index is 0.0199. The first kappa shape index (κ1) is 18.7. The second kappa shape index (κ2) is 9.01. The molecule has 1 aromatic carbocycles. The van der Waals surface area contributed by atoms with E-state index in [4.69, 9.17) is 10.3 Å². The fraction of sp³-hybridized carbons (Fsp3) is 0.421. The Hall–Kier alpha value is -2.63. The van der Waals surface area contributed by atoms with E-state index in [1.54, 1.807) is 24.3 Å². The van der Waals surface area contributed by atoms with Crippen molar-refractivity contribution in [2.24, 2.45) is 5.73 Å². The lowest BCUT2D eigenvalue weighted by molar-refractivity contribution is 0.0979. The number of unbranched alkanes of at least 4 members (excludes halogenated alkanes) is 2. The lowest BCUT2D eigenvalue weighted by Crippen LogP contribution is -2.29. The van der Waals surface area contributed by atoms with Crippen molar-refractivity contribution in [3.63, 3.8) is 0 Å². The van der Waals surface area contributed by atoms with Crippen molar-refractivity contribution in [1.29, 1.82) is 0 Å². The molecule has 1 heterocycles. The van der Waals surface area contributed by atoms with Gasteiger partial charge in [-0.25, -0.2) is 0 Å². The smallest absolute Gasteiger partial charge is 0.273 e. The van der Waals surface area contributed by atoms with E-state index in [1.165, 1.54) is 0 Å². The molecular formula is C19H25N3O3. The molecule has 0 spiro atoms. The minimum Gasteiger partial charge on any atom is -0.366 e. The van der Waals surface area contributed by atoms with E-state index in [0.29, 0.717) is 24.3 Å². The third-order valence-corrected chi connectivity index (χ3v) is 4.02. The SMILES string of the molecule is CCCCN(CCCC)c1c(C(N)=O)noc1C(=O)c1ccccc1. The summed E-state index contributed by atoms with van der Waals surface area (Å²) in [7, 11) is 0. The van der Waals surface area contributed by atoms with Crippen LogP contribution in [0.15, 0.2) is 34.9 Å². The number of nitrogens with zero attached hydrogens (tertiary/aromatic N) is 2. The number of carbonyl (C=O) groups is 2. The summed E-state index contributed by atoms with van der Waals surface area (Å²) in [5, 5.41) is 3.79. The Morgan fingerprint density at radius 3 is 2.20 bits per heavy atom. The summed E-state index contributed by atoms with van der Waals surface area (Å²) in [6.45, 7) is 5.62. The number of primary amides is 1. The van der Waals surface area contributed by atoms with E-state index in [9.17, 15) is 9.59 Å². The van der Waals surface area contributed by atoms with E-state index < -0.39 is 5.91 Å². The van der Waals surface area contributed by atoms with Crippen LogP contribution in [-0.4, -0.2) is 29.9 Å². The number of nitrogens with two attached hydrogens (primary N) is 1. The Morgan fingerprint density at radius 1 is 1.08 bits per heavy atom. The molecule has 0 fully saturated rings. The zero-order valence-corrected chi connectivity index (χ0v) is 14.8. The van der Waals surface area contributed by atoms with Gasteiger partial charge < -0.3 is 15.2 Å². The fourth-order valence-corrected chi connectivity index (χ4v) is 2.64. The normalized spacial score (nSPS) is 10.6. The molecule has 2 rings (SSSR count). The fourth-order valence-electron chi connectivity index (χ4n) is 2.64. The van der Waals surface area contributed by atoms with Crippen LogP contribution in [-0.2, 0) is 0 Å². The summed E-state index contributed by atoms with van der Waals surface area (Å²) < 4.78 is 5.27. The van der Waals surface area contributed by atoms with Crippen LogP contribution in [0.5, 0.6) is 0 Å². The number of anilines is 1. The van der Waals surface area contributed by atoms with Crippen molar-refractivity contribution < 1.29 is 14.1 Å². The van der Waals surface area contributed by atoms with Crippen molar-refractivity contribution in [3.05, 3.63) is 47.3 Å². The molecule has 0 saturated carbocycles. The van der Waals surface area contributed by atoms with Gasteiger partial charge >= 0.3 is 0 Å². The molecule has 0 atom stereocenters. The van der Waals surface area contributed by atoms with Gasteiger partial charge in [0.25, 0.3) is 5.91 Å². The zero-order chi connectivity index (χ0) is 18.2. The number of aromatic nitrogens is 1. The van der Waals surface area contributed by atoms with Gasteiger partial charge in [-0.2, -0.15) is 0 Å². The number of carbonyl (C=O) groups excluding carboxylic acids is 2. The highest BCUT2D eigenvalue weighted by Gasteiger charge is 2.29. The maximum Gasteiger partial charge on any atom is 0.273 e. The van der Waals surface area contributed by atoms with Crippen LogP contribution in [0.3, 0.4) is 0 Å². The molecule has 0 saturated heterocycles. The van der Waals surface area contributed by atoms with E-state index in [1.807, 2.05) is 11.0 Å². The number of hydrogen-bond acceptors (Lipinski definition) is 5. The number of ketones is 1. The van der Waals surface area contributed by atoms with Gasteiger partial charge in [0.05, 0.1) is 0 Å². The van der Waals surface area contributed by atoms with E-state index in [-0.39, 0.29) is 17.2 Å². The highest BCUT2D eigenvalue weighted by molar-refractivity contribution is 6.13. The molecule has 25 heavy (non-hydrogen) atoms. The maximum absolute atomic E-state index is 12.8. The van der Waals surface area contributed by atoms with Crippen LogP contribution in [0.2, 0.25) is 0 Å². The molecule has 2 aromatic rings. The second-order valence-electron chi connectivity index (χ2n) is 5.96. The van der Waals surface area contributed by atoms with Crippen LogP contribution in [0.1, 0.15) is 66.1 Å². The Morgan fingerprint density at radius 2 is 1.68 bits per heavy atom. The summed E-state index contributed by atoms with van der Waals surface area (Å²) in [6, 6.07) is 8.82. The van der Waals surface area contributed by atoms with Crippen molar-refractivity contribution in [1.82, 2.24) is 5.16 Å². The highest BCUT2D eigenvalue weighted by atomic mass is 16.5. The average molecular weight is 343 g/mol. The largest absolute Gasteiger partial charge is 0.366 e. The molecule has 0 radical (unpaired) electrons. The molecule has 1 amide bonds. The molecule has 2 N–H and O–H groups in total. The second-order valence-corrected chi connectivity index (χ2v) is 5.96. The van der Waals surface area contributed by atoms with Gasteiger partial charge in [-0.1, -0.05) is 62.2 Å². The van der Waals surface area contributed by atoms with E-state index in [0.717, 1.165) is 25.7 Å². The molecule has 6 nitrogen and oxygen atoms in total. The van der Waals surface area contributed by atoms with Crippen LogP contribution in [0, 0.1) is 0 Å². The lowest BCUT2D eigenvalue weighted by Gasteiger charge is -2.24. The zero-order valence-electron chi connectivity index (χ0n) is 14.8. The summed E-state index contributed by atoms with van der Waals surface area (Å²) in [5.41, 5.74) is 6.39. The van der Waals surface area contributed by atoms with Crippen LogP contribution in [0.4, 0.5) is 5.69 Å². The predicted octanol–water partition coefficient (Wildman–Crippen LogP) is 3.41. The first-order valence-electron chi connectivity index (χ1n) is 8.74. The van der Waals surface area contributed by atoms with Crippen LogP contribution < -0.4 is 10.6 Å². The number of rotatable bonds is 10. The van der Waals surface area contributed by atoms with Crippen molar-refractivity contribution >= 4 is 17.4 Å². The van der Waals surface area contributed by atoms with Crippen LogP contribution >= 0.6 is 0 Å². The van der Waals surface area contributed by atoms with Crippen molar-refractivity contribution in [2.45, 2.75) is 39.5 Å². The van der Waals surface area contributed by atoms with Crippen LogP contribution in [0.25, 0.3) is 0 Å². The molecule has 0 unspecified atom stereocenters. The minimum atomic E-state index is -0.691. The molecule has 0 bridgehead atoms. The monoisotopic (exact) mass is 343 g/mol. The van der Waals surface area contributed by atoms with Gasteiger partial charge in [-0.05, 0) is 12.8 Å². The number of amides is 1. The average Bonchev–Trinajstić information content (AvgIpc) is 3.07. The summed E-state index contributed by atoms with van der Waals surface area (Å²) in [4.78, 5) is 26.7. The Labute approximate surface area is 148 Å². The van der Waals surface area contributed by atoms with E-state index in [2.05, 4.69) is 19.0 Å². The van der Waals surface area contributed by atoms with Gasteiger partial charge in [0.1, 0.15) is 5.69 Å². The van der Waals surface area contributed by atoms with Gasteiger partial charge in [-0.15, -0.1) is 0 Å². The molecule has 1 aromatic heterocycles. The first-order chi connectivity index (χ1) is 12.1. The third kappa shape index (κ3) is 4.47. The molecule has 6 heteroatoms. The molecular weight excluding hydrogens is 318 g/mol. The predicted molar refractivity (Wildman–Crippen MR) is 96.9 cm³/mol. The Kier molecular flexibility index (Phi) is 6.74. The maximum atomic E-state index is 12.8. The van der Waals surface area contributed by atoms with Gasteiger partial charge in [0.2, 0.25) is 11.5 Å². The van der Waals surface area contributed by atoms with Gasteiger partial charge in [-0.3, -0.25) is 9.59 Å². The summed E-state index contributed by atoms with van der Waals surface area (Å²) in [6.07, 6.45) is 3.88. The van der Waals surface area contributed by atoms with E-state index >= 15 is 0 Å². The van der Waals surface area contributed by atoms with Gasteiger partial charge in [0.15, 0.2) is 5.69 Å². The Bertz CT molecular complexity index is 702. The Balaban J connectivity index is 2.46. The first-order valence-corrected chi connectivity index (χ1v) is 8.74. The molecule has 0 aliphatic carbocycles. The highest BCUT2D eigenvalue weighted by Crippen LogP contribution is 2.28. The molecule has 0 aliphatic rings. The molecule has 0 aliphatic heterocycles. The quantitative estimate of drug-likeness (QED) is 0.668. The van der Waals surface area contributed by atoms with Crippen molar-refractivity contribution in [2.75, 3.05) is 18.0 Å². The summed E-state index contributed by atoms with van der Waals surface area (Å²) in [5.74, 6) is -0.912. The topological polar surface area (TPSA) is 89.4 Å².